The molecule has 2 unspecified atom stereocenters. The number of hydrogen-bond donors (Lipinski definition) is 3. The van der Waals surface area contributed by atoms with E-state index < -0.39 is 29.6 Å². The van der Waals surface area contributed by atoms with Crippen molar-refractivity contribution in [3.8, 4) is 11.5 Å². The fourth-order valence-corrected chi connectivity index (χ4v) is 6.10. The second-order valence-electron chi connectivity index (χ2n) is 10.1. The number of hydrogen-bond acceptors (Lipinski definition) is 7. The lowest BCUT2D eigenvalue weighted by Crippen LogP contribution is -2.51. The molecule has 3 aromatic rings. The molecule has 2 atom stereocenters. The predicted octanol–water partition coefficient (Wildman–Crippen LogP) is 4.89. The first-order chi connectivity index (χ1) is 16.1. The molecule has 0 aliphatic heterocycles. The van der Waals surface area contributed by atoms with Crippen molar-refractivity contribution in [1.29, 1.82) is 0 Å². The summed E-state index contributed by atoms with van der Waals surface area (Å²) in [4.78, 5) is 24.9. The topological polar surface area (TPSA) is 117 Å². The van der Waals surface area contributed by atoms with Gasteiger partial charge in [-0.2, -0.15) is 9.49 Å². The number of anilines is 1. The molecule has 0 amide bonds. The molecule has 0 spiro atoms. The van der Waals surface area contributed by atoms with Crippen LogP contribution in [0.1, 0.15) is 46.5 Å². The monoisotopic (exact) mass is 488 g/mol. The van der Waals surface area contributed by atoms with Gasteiger partial charge in [0.05, 0.1) is 17.5 Å². The van der Waals surface area contributed by atoms with Crippen LogP contribution >= 0.6 is 11.8 Å². The summed E-state index contributed by atoms with van der Waals surface area (Å²) < 4.78 is 29.2. The Morgan fingerprint density at radius 2 is 1.88 bits per heavy atom. The SMILES string of the molecule is CC(C)(C)Sc1nc(-c2n[nH]c3ncc(F)cc23)nc(NC2C3CCC(CC3)C2C(=O)O)c1F. The highest BCUT2D eigenvalue weighted by Crippen LogP contribution is 2.47. The zero-order chi connectivity index (χ0) is 24.2. The van der Waals surface area contributed by atoms with Crippen molar-refractivity contribution >= 4 is 34.6 Å². The lowest BCUT2D eigenvalue weighted by Gasteiger charge is -2.47. The summed E-state index contributed by atoms with van der Waals surface area (Å²) in [5.41, 5.74) is 0.611. The number of aromatic nitrogens is 5. The minimum absolute atomic E-state index is 0.0546. The van der Waals surface area contributed by atoms with Crippen LogP contribution in [0, 0.1) is 29.4 Å². The first kappa shape index (κ1) is 22.9. The maximum Gasteiger partial charge on any atom is 0.308 e. The third-order valence-corrected chi connectivity index (χ3v) is 7.70. The Labute approximate surface area is 199 Å². The Morgan fingerprint density at radius 3 is 2.56 bits per heavy atom. The van der Waals surface area contributed by atoms with Gasteiger partial charge in [-0.25, -0.2) is 19.3 Å². The van der Waals surface area contributed by atoms with E-state index in [9.17, 15) is 14.3 Å². The number of pyridine rings is 1. The van der Waals surface area contributed by atoms with E-state index >= 15 is 4.39 Å². The third kappa shape index (κ3) is 4.21. The van der Waals surface area contributed by atoms with Crippen LogP contribution < -0.4 is 5.32 Å². The van der Waals surface area contributed by atoms with Gasteiger partial charge in [0.15, 0.2) is 23.1 Å². The van der Waals surface area contributed by atoms with Crippen molar-refractivity contribution in [2.75, 3.05) is 5.32 Å². The lowest BCUT2D eigenvalue weighted by molar-refractivity contribution is -0.148. The van der Waals surface area contributed by atoms with Crippen LogP contribution in [0.25, 0.3) is 22.6 Å². The Morgan fingerprint density at radius 1 is 1.18 bits per heavy atom. The first-order valence-electron chi connectivity index (χ1n) is 11.4. The minimum atomic E-state index is -0.870. The first-order valence-corrected chi connectivity index (χ1v) is 12.2. The molecule has 3 saturated carbocycles. The summed E-state index contributed by atoms with van der Waals surface area (Å²) in [6.45, 7) is 5.82. The van der Waals surface area contributed by atoms with E-state index in [-0.39, 0.29) is 38.9 Å². The van der Waals surface area contributed by atoms with Crippen LogP contribution in [-0.2, 0) is 4.79 Å². The number of thioether (sulfide) groups is 1. The largest absolute Gasteiger partial charge is 0.481 e. The van der Waals surface area contributed by atoms with Crippen molar-refractivity contribution in [2.45, 2.75) is 62.3 Å². The molecule has 11 heteroatoms. The number of carboxylic acids is 1. The van der Waals surface area contributed by atoms with Crippen LogP contribution in [0.4, 0.5) is 14.6 Å². The smallest absolute Gasteiger partial charge is 0.308 e. The predicted molar refractivity (Wildman–Crippen MR) is 124 cm³/mol. The molecule has 0 saturated heterocycles. The van der Waals surface area contributed by atoms with Gasteiger partial charge in [-0.05, 0) is 43.6 Å². The van der Waals surface area contributed by atoms with Gasteiger partial charge < -0.3 is 10.4 Å². The van der Waals surface area contributed by atoms with Crippen LogP contribution in [0.2, 0.25) is 0 Å². The van der Waals surface area contributed by atoms with Crippen molar-refractivity contribution < 1.29 is 18.7 Å². The van der Waals surface area contributed by atoms with Crippen molar-refractivity contribution in [3.63, 3.8) is 0 Å². The normalized spacial score (nSPS) is 24.5. The van der Waals surface area contributed by atoms with Crippen LogP contribution in [0.15, 0.2) is 17.3 Å². The third-order valence-electron chi connectivity index (χ3n) is 6.63. The Hall–Kier alpha value is -2.82. The van der Waals surface area contributed by atoms with E-state index in [0.717, 1.165) is 31.9 Å². The summed E-state index contributed by atoms with van der Waals surface area (Å²) in [6.07, 6.45) is 4.64. The molecule has 34 heavy (non-hydrogen) atoms. The molecule has 180 valence electrons. The second-order valence-corrected chi connectivity index (χ2v) is 11.9. The Kier molecular flexibility index (Phi) is 5.70. The average Bonchev–Trinajstić information content (AvgIpc) is 3.19. The van der Waals surface area contributed by atoms with Crippen molar-refractivity contribution in [3.05, 3.63) is 23.9 Å². The maximum atomic E-state index is 15.7. The fraction of sp³-hybridized carbons (Fsp3) is 0.522. The number of aliphatic carboxylic acids is 1. The van der Waals surface area contributed by atoms with Gasteiger partial charge in [0.1, 0.15) is 16.5 Å². The van der Waals surface area contributed by atoms with Crippen molar-refractivity contribution in [1.82, 2.24) is 25.1 Å². The molecular weight excluding hydrogens is 462 g/mol. The molecule has 3 fully saturated rings. The van der Waals surface area contributed by atoms with E-state index in [1.54, 1.807) is 0 Å². The number of rotatable bonds is 5. The molecule has 3 heterocycles. The molecule has 2 bridgehead atoms. The van der Waals surface area contributed by atoms with Gasteiger partial charge in [-0.1, -0.05) is 32.5 Å². The number of carbonyl (C=O) groups is 1. The number of fused-ring (bicyclic) bond motifs is 4. The quantitative estimate of drug-likeness (QED) is 0.344. The maximum absolute atomic E-state index is 15.7. The summed E-state index contributed by atoms with van der Waals surface area (Å²) in [7, 11) is 0. The molecule has 0 radical (unpaired) electrons. The van der Waals surface area contributed by atoms with Crippen LogP contribution in [-0.4, -0.2) is 47.0 Å². The summed E-state index contributed by atoms with van der Waals surface area (Å²) in [5, 5.41) is 20.5. The lowest BCUT2D eigenvalue weighted by atomic mass is 9.61. The number of aromatic amines is 1. The molecule has 6 rings (SSSR count). The Balaban J connectivity index is 1.61. The molecule has 0 aromatic carbocycles. The van der Waals surface area contributed by atoms with Gasteiger partial charge in [0, 0.05) is 10.8 Å². The number of nitrogens with one attached hydrogen (secondary N) is 2. The average molecular weight is 489 g/mol. The molecule has 8 nitrogen and oxygen atoms in total. The summed E-state index contributed by atoms with van der Waals surface area (Å²) in [6, 6.07) is 0.850. The highest BCUT2D eigenvalue weighted by molar-refractivity contribution is 8.00. The number of halogens is 2. The van der Waals surface area contributed by atoms with Crippen LogP contribution in [0.5, 0.6) is 0 Å². The van der Waals surface area contributed by atoms with Gasteiger partial charge in [-0.3, -0.25) is 9.89 Å². The van der Waals surface area contributed by atoms with Crippen LogP contribution in [0.3, 0.4) is 0 Å². The second kappa shape index (κ2) is 8.44. The molecule has 3 aliphatic carbocycles. The summed E-state index contributed by atoms with van der Waals surface area (Å²) >= 11 is 1.24. The highest BCUT2D eigenvalue weighted by atomic mass is 32.2. The summed E-state index contributed by atoms with van der Waals surface area (Å²) in [5.74, 6) is -2.38. The van der Waals surface area contributed by atoms with Gasteiger partial charge in [-0.15, -0.1) is 0 Å². The van der Waals surface area contributed by atoms with E-state index in [2.05, 4.69) is 30.5 Å². The standard InChI is InChI=1S/C23H26F2N6O2S/c1-23(2,3)34-21-15(25)19(27-16-11-6-4-10(5-7-11)14(16)22(32)33)28-20(29-21)17-13-8-12(24)9-26-18(13)31-30-17/h8-11,14,16H,4-7H2,1-3H3,(H,32,33)(H,26,30,31)(H,27,28,29). The van der Waals surface area contributed by atoms with E-state index in [1.807, 2.05) is 20.8 Å². The zero-order valence-electron chi connectivity index (χ0n) is 19.1. The van der Waals surface area contributed by atoms with Gasteiger partial charge >= 0.3 is 5.97 Å². The fourth-order valence-electron chi connectivity index (χ4n) is 5.20. The molecule has 3 aromatic heterocycles. The molecular formula is C23H26F2N6O2S. The van der Waals surface area contributed by atoms with E-state index in [4.69, 9.17) is 0 Å². The van der Waals surface area contributed by atoms with Gasteiger partial charge in [0.2, 0.25) is 0 Å². The number of nitrogens with zero attached hydrogens (tertiary/aromatic N) is 4. The molecule has 3 N–H and O–H groups in total. The highest BCUT2D eigenvalue weighted by Gasteiger charge is 2.47. The molecule has 3 aliphatic rings. The zero-order valence-corrected chi connectivity index (χ0v) is 19.9. The van der Waals surface area contributed by atoms with Gasteiger partial charge in [0.25, 0.3) is 0 Å². The Bertz CT molecular complexity index is 1250. The number of carboxylic acid groups (broad SMARTS) is 1. The van der Waals surface area contributed by atoms with Crippen molar-refractivity contribution in [2.24, 2.45) is 17.8 Å². The minimum Gasteiger partial charge on any atom is -0.481 e. The van der Waals surface area contributed by atoms with E-state index in [0.29, 0.717) is 11.0 Å². The van der Waals surface area contributed by atoms with E-state index in [1.165, 1.54) is 17.8 Å². The number of H-pyrrole nitrogens is 1.